The first-order chi connectivity index (χ1) is 13.1. The van der Waals surface area contributed by atoms with Gasteiger partial charge in [-0.3, -0.25) is 4.79 Å². The van der Waals surface area contributed by atoms with Crippen molar-refractivity contribution in [3.05, 3.63) is 70.7 Å². The van der Waals surface area contributed by atoms with Crippen LogP contribution in [-0.4, -0.2) is 16.1 Å². The molecule has 1 unspecified atom stereocenters. The fraction of sp³-hybridized carbons (Fsp3) is 0.200. The third-order valence-corrected chi connectivity index (χ3v) is 4.57. The highest BCUT2D eigenvalue weighted by Crippen LogP contribution is 2.32. The summed E-state index contributed by atoms with van der Waals surface area (Å²) in [6.07, 6.45) is 6.18. The molecule has 7 nitrogen and oxygen atoms in total. The van der Waals surface area contributed by atoms with Crippen LogP contribution < -0.4 is 10.6 Å². The van der Waals surface area contributed by atoms with E-state index in [-0.39, 0.29) is 11.8 Å². The topological polar surface area (TPSA) is 104 Å². The number of benzene rings is 1. The summed E-state index contributed by atoms with van der Waals surface area (Å²) < 4.78 is 5.28. The molecular formula is C20H17N5O2. The maximum Gasteiger partial charge on any atom is 0.315 e. The van der Waals surface area contributed by atoms with Crippen LogP contribution in [0.5, 0.6) is 0 Å². The predicted molar refractivity (Wildman–Crippen MR) is 98.8 cm³/mol. The van der Waals surface area contributed by atoms with Gasteiger partial charge in [-0.2, -0.15) is 5.26 Å². The van der Waals surface area contributed by atoms with Crippen LogP contribution in [0.2, 0.25) is 0 Å². The van der Waals surface area contributed by atoms with Gasteiger partial charge in [-0.05, 0) is 35.3 Å². The lowest BCUT2D eigenvalue weighted by Crippen LogP contribution is -2.35. The molecule has 0 radical (unpaired) electrons. The third-order valence-electron chi connectivity index (χ3n) is 4.57. The molecule has 0 spiro atoms. The van der Waals surface area contributed by atoms with Crippen molar-refractivity contribution in [3.63, 3.8) is 0 Å². The summed E-state index contributed by atoms with van der Waals surface area (Å²) >= 11 is 0. The van der Waals surface area contributed by atoms with Crippen LogP contribution in [0.3, 0.4) is 0 Å². The monoisotopic (exact) mass is 359 g/mol. The maximum absolute atomic E-state index is 12.4. The first kappa shape index (κ1) is 16.8. The van der Waals surface area contributed by atoms with Crippen molar-refractivity contribution in [3.8, 4) is 6.07 Å². The van der Waals surface area contributed by atoms with Gasteiger partial charge in [0.05, 0.1) is 17.6 Å². The van der Waals surface area contributed by atoms with Crippen LogP contribution in [-0.2, 0) is 11.3 Å². The highest BCUT2D eigenvalue weighted by molar-refractivity contribution is 5.95. The number of amides is 1. The summed E-state index contributed by atoms with van der Waals surface area (Å²) in [6.45, 7) is 2.28. The number of carbonyl (C=O) groups excluding carboxylic acids is 1. The van der Waals surface area contributed by atoms with Gasteiger partial charge >= 0.3 is 6.01 Å². The first-order valence-corrected chi connectivity index (χ1v) is 8.60. The molecule has 1 amide bonds. The van der Waals surface area contributed by atoms with Gasteiger partial charge in [0.15, 0.2) is 0 Å². The number of fused-ring (bicyclic) bond motifs is 1. The van der Waals surface area contributed by atoms with Gasteiger partial charge in [0.1, 0.15) is 0 Å². The number of anilines is 1. The normalized spacial score (nSPS) is 18.4. The van der Waals surface area contributed by atoms with E-state index in [9.17, 15) is 10.1 Å². The van der Waals surface area contributed by atoms with E-state index in [0.717, 1.165) is 16.7 Å². The zero-order valence-electron chi connectivity index (χ0n) is 14.7. The Balaban J connectivity index is 1.54. The van der Waals surface area contributed by atoms with E-state index in [4.69, 9.17) is 4.42 Å². The number of hydrogen-bond acceptors (Lipinski definition) is 6. The number of aryl methyl sites for hydroxylation is 1. The highest BCUT2D eigenvalue weighted by Gasteiger charge is 2.30. The third kappa shape index (κ3) is 3.37. The summed E-state index contributed by atoms with van der Waals surface area (Å²) in [7, 11) is 0. The van der Waals surface area contributed by atoms with Gasteiger partial charge in [0.2, 0.25) is 11.8 Å². The second-order valence-electron chi connectivity index (χ2n) is 6.40. The molecule has 2 aromatic rings. The largest absolute Gasteiger partial charge is 0.408 e. The molecule has 1 aromatic heterocycles. The molecular weight excluding hydrogens is 342 g/mol. The van der Waals surface area contributed by atoms with E-state index in [1.54, 1.807) is 13.0 Å². The fourth-order valence-electron chi connectivity index (χ4n) is 3.18. The Morgan fingerprint density at radius 2 is 2.15 bits per heavy atom. The van der Waals surface area contributed by atoms with E-state index in [2.05, 4.69) is 26.9 Å². The number of aromatic nitrogens is 2. The number of allylic oxidation sites excluding steroid dienone is 4. The zero-order chi connectivity index (χ0) is 18.8. The Labute approximate surface area is 156 Å². The summed E-state index contributed by atoms with van der Waals surface area (Å²) in [6, 6.07) is 10.4. The van der Waals surface area contributed by atoms with Gasteiger partial charge in [-0.15, -0.1) is 5.10 Å². The fourth-order valence-corrected chi connectivity index (χ4v) is 3.18. The molecule has 2 heterocycles. The van der Waals surface area contributed by atoms with E-state index >= 15 is 0 Å². The Hall–Kier alpha value is -3.66. The molecule has 1 aliphatic carbocycles. The van der Waals surface area contributed by atoms with Crippen molar-refractivity contribution in [2.24, 2.45) is 5.92 Å². The molecule has 1 aliphatic heterocycles. The van der Waals surface area contributed by atoms with Gasteiger partial charge in [-0.1, -0.05) is 35.4 Å². The molecule has 1 atom stereocenters. The second-order valence-corrected chi connectivity index (χ2v) is 6.40. The van der Waals surface area contributed by atoms with E-state index < -0.39 is 0 Å². The minimum atomic E-state index is -0.283. The van der Waals surface area contributed by atoms with Gasteiger partial charge in [0, 0.05) is 19.2 Å². The van der Waals surface area contributed by atoms with Crippen LogP contribution in [0.4, 0.5) is 6.01 Å². The molecule has 4 rings (SSSR count). The Kier molecular flexibility index (Phi) is 4.30. The molecule has 0 saturated carbocycles. The standard InChI is InChI=1S/C20H17N5O2/c1-12-24-25-20(27-12)22-11-13-5-7-14(8-6-13)18-9-17-15(10-21)3-2-4-16(17)19(26)23-18/h2-3,5-9,16H,4,11H2,1H3,(H,22,25)(H,23,26). The quantitative estimate of drug-likeness (QED) is 0.870. The van der Waals surface area contributed by atoms with Crippen LogP contribution in [0, 0.1) is 24.2 Å². The number of hydrogen-bond donors (Lipinski definition) is 2. The number of nitriles is 1. The Morgan fingerprint density at radius 3 is 2.85 bits per heavy atom. The van der Waals surface area contributed by atoms with Crippen LogP contribution in [0.25, 0.3) is 5.70 Å². The summed E-state index contributed by atoms with van der Waals surface area (Å²) in [4.78, 5) is 12.4. The van der Waals surface area contributed by atoms with Crippen molar-refractivity contribution in [2.75, 3.05) is 5.32 Å². The molecule has 2 N–H and O–H groups in total. The van der Waals surface area contributed by atoms with Gasteiger partial charge < -0.3 is 15.1 Å². The second kappa shape index (κ2) is 6.92. The minimum absolute atomic E-state index is 0.0721. The lowest BCUT2D eigenvalue weighted by atomic mass is 9.83. The first-order valence-electron chi connectivity index (χ1n) is 8.60. The smallest absolute Gasteiger partial charge is 0.315 e. The molecule has 2 aliphatic rings. The van der Waals surface area contributed by atoms with Crippen LogP contribution >= 0.6 is 0 Å². The van der Waals surface area contributed by atoms with E-state index in [1.807, 2.05) is 36.4 Å². The molecule has 134 valence electrons. The lowest BCUT2D eigenvalue weighted by Gasteiger charge is -2.27. The molecule has 0 saturated heterocycles. The minimum Gasteiger partial charge on any atom is -0.408 e. The molecule has 27 heavy (non-hydrogen) atoms. The number of nitrogens with one attached hydrogen (secondary N) is 2. The van der Waals surface area contributed by atoms with Gasteiger partial charge in [-0.25, -0.2) is 0 Å². The molecule has 7 heteroatoms. The van der Waals surface area contributed by atoms with E-state index in [1.165, 1.54) is 0 Å². The van der Waals surface area contributed by atoms with E-state index in [0.29, 0.717) is 36.1 Å². The predicted octanol–water partition coefficient (Wildman–Crippen LogP) is 2.86. The lowest BCUT2D eigenvalue weighted by molar-refractivity contribution is -0.122. The summed E-state index contributed by atoms with van der Waals surface area (Å²) in [5.41, 5.74) is 3.97. The van der Waals surface area contributed by atoms with Crippen molar-refractivity contribution in [2.45, 2.75) is 19.9 Å². The Morgan fingerprint density at radius 1 is 1.33 bits per heavy atom. The maximum atomic E-state index is 12.4. The van der Waals surface area contributed by atoms with Crippen molar-refractivity contribution < 1.29 is 9.21 Å². The summed E-state index contributed by atoms with van der Waals surface area (Å²) in [5, 5.41) is 23.0. The van der Waals surface area contributed by atoms with Gasteiger partial charge in [0.25, 0.3) is 0 Å². The van der Waals surface area contributed by atoms with Crippen LogP contribution in [0.15, 0.2) is 58.1 Å². The Bertz CT molecular complexity index is 1020. The molecule has 1 aromatic carbocycles. The van der Waals surface area contributed by atoms with Crippen molar-refractivity contribution >= 4 is 17.6 Å². The zero-order valence-corrected chi connectivity index (χ0v) is 14.7. The van der Waals surface area contributed by atoms with Crippen molar-refractivity contribution in [1.29, 1.82) is 5.26 Å². The number of nitrogens with zero attached hydrogens (tertiary/aromatic N) is 3. The SMILES string of the molecule is Cc1nnc(NCc2ccc(C3=CC4=C(C#N)C=CCC4C(=O)N3)cc2)o1. The van der Waals surface area contributed by atoms with Crippen molar-refractivity contribution in [1.82, 2.24) is 15.5 Å². The average molecular weight is 359 g/mol. The summed E-state index contributed by atoms with van der Waals surface area (Å²) in [5.74, 6) is 0.154. The number of rotatable bonds is 4. The number of carbonyl (C=O) groups is 1. The van der Waals surface area contributed by atoms with Crippen LogP contribution in [0.1, 0.15) is 23.4 Å². The molecule has 0 fully saturated rings. The average Bonchev–Trinajstić information content (AvgIpc) is 3.11. The highest BCUT2D eigenvalue weighted by atomic mass is 16.4. The molecule has 0 bridgehead atoms.